The Kier molecular flexibility index (Phi) is 5.17. The maximum absolute atomic E-state index is 12.7. The third-order valence-electron chi connectivity index (χ3n) is 4.94. The maximum Gasteiger partial charge on any atom is 0.416 e. The van der Waals surface area contributed by atoms with E-state index in [-0.39, 0.29) is 5.56 Å². The SMILES string of the molecule is CNCCn1ncc2cc(-n3ccc(-c4ccc(C(F)(F)F)cc4)cc3=O)ccc21. The van der Waals surface area contributed by atoms with Gasteiger partial charge in [-0.05, 0) is 54.6 Å². The van der Waals surface area contributed by atoms with Crippen LogP contribution in [0.1, 0.15) is 5.56 Å². The van der Waals surface area contributed by atoms with Gasteiger partial charge in [-0.15, -0.1) is 0 Å². The van der Waals surface area contributed by atoms with Gasteiger partial charge in [-0.25, -0.2) is 0 Å². The van der Waals surface area contributed by atoms with Gasteiger partial charge in [-0.1, -0.05) is 12.1 Å². The van der Waals surface area contributed by atoms with Crippen molar-refractivity contribution < 1.29 is 13.2 Å². The molecule has 0 aliphatic heterocycles. The first kappa shape index (κ1) is 19.9. The van der Waals surface area contributed by atoms with Gasteiger partial charge in [0, 0.05) is 29.9 Å². The molecule has 0 radical (unpaired) electrons. The van der Waals surface area contributed by atoms with Crippen molar-refractivity contribution in [2.24, 2.45) is 0 Å². The van der Waals surface area contributed by atoms with E-state index in [4.69, 9.17) is 0 Å². The molecule has 2 heterocycles. The Hall–Kier alpha value is -3.39. The van der Waals surface area contributed by atoms with Gasteiger partial charge in [0.15, 0.2) is 0 Å². The highest BCUT2D eigenvalue weighted by atomic mass is 19.4. The second kappa shape index (κ2) is 7.79. The number of pyridine rings is 1. The average Bonchev–Trinajstić information content (AvgIpc) is 3.14. The van der Waals surface area contributed by atoms with Crippen molar-refractivity contribution in [3.63, 3.8) is 0 Å². The van der Waals surface area contributed by atoms with Crippen LogP contribution in [0.15, 0.2) is 71.8 Å². The van der Waals surface area contributed by atoms with Crippen molar-refractivity contribution in [1.82, 2.24) is 19.7 Å². The van der Waals surface area contributed by atoms with Crippen LogP contribution in [0.25, 0.3) is 27.7 Å². The van der Waals surface area contributed by atoms with Crippen LogP contribution in [0.3, 0.4) is 0 Å². The second-order valence-electron chi connectivity index (χ2n) is 6.91. The van der Waals surface area contributed by atoms with Crippen LogP contribution in [-0.4, -0.2) is 27.9 Å². The first-order chi connectivity index (χ1) is 14.4. The molecule has 1 N–H and O–H groups in total. The standard InChI is InChI=1S/C22H19F3N4O/c1-26-9-11-29-20-7-6-19(12-17(20)14-27-29)28-10-8-16(13-21(28)30)15-2-4-18(5-3-15)22(23,24)25/h2-8,10,12-14,26H,9,11H2,1H3. The molecule has 5 nitrogen and oxygen atoms in total. The molecule has 0 unspecified atom stereocenters. The number of nitrogens with zero attached hydrogens (tertiary/aromatic N) is 3. The fourth-order valence-electron chi connectivity index (χ4n) is 3.34. The fraction of sp³-hybridized carbons (Fsp3) is 0.182. The molecule has 0 spiro atoms. The summed E-state index contributed by atoms with van der Waals surface area (Å²) in [5.74, 6) is 0. The van der Waals surface area contributed by atoms with Crippen molar-refractivity contribution in [3.05, 3.63) is 82.9 Å². The summed E-state index contributed by atoms with van der Waals surface area (Å²) in [6, 6.07) is 13.6. The molecule has 0 fully saturated rings. The minimum Gasteiger partial charge on any atom is -0.318 e. The number of halogens is 3. The molecule has 0 aliphatic rings. The number of hydrogen-bond donors (Lipinski definition) is 1. The highest BCUT2D eigenvalue weighted by Crippen LogP contribution is 2.30. The van der Waals surface area contributed by atoms with Crippen molar-refractivity contribution in [3.8, 4) is 16.8 Å². The summed E-state index contributed by atoms with van der Waals surface area (Å²) < 4.78 is 41.6. The van der Waals surface area contributed by atoms with E-state index >= 15 is 0 Å². The maximum atomic E-state index is 12.7. The topological polar surface area (TPSA) is 51.9 Å². The second-order valence-corrected chi connectivity index (χ2v) is 6.91. The molecule has 30 heavy (non-hydrogen) atoms. The Morgan fingerprint density at radius 3 is 2.43 bits per heavy atom. The van der Waals surface area contributed by atoms with Crippen molar-refractivity contribution in [2.45, 2.75) is 12.7 Å². The van der Waals surface area contributed by atoms with Crippen LogP contribution in [0, 0.1) is 0 Å². The molecule has 0 saturated carbocycles. The van der Waals surface area contributed by atoms with Gasteiger partial charge in [0.05, 0.1) is 23.8 Å². The summed E-state index contributed by atoms with van der Waals surface area (Å²) in [6.45, 7) is 1.53. The number of nitrogens with one attached hydrogen (secondary N) is 1. The van der Waals surface area contributed by atoms with Gasteiger partial charge in [0.1, 0.15) is 0 Å². The third-order valence-corrected chi connectivity index (χ3v) is 4.94. The van der Waals surface area contributed by atoms with Crippen LogP contribution in [-0.2, 0) is 12.7 Å². The Morgan fingerprint density at radius 1 is 1.00 bits per heavy atom. The monoisotopic (exact) mass is 412 g/mol. The molecule has 4 rings (SSSR count). The number of hydrogen-bond acceptors (Lipinski definition) is 3. The van der Waals surface area contributed by atoms with E-state index in [1.54, 1.807) is 18.5 Å². The summed E-state index contributed by atoms with van der Waals surface area (Å²) in [5, 5.41) is 8.38. The highest BCUT2D eigenvalue weighted by Gasteiger charge is 2.29. The van der Waals surface area contributed by atoms with Crippen molar-refractivity contribution in [1.29, 1.82) is 0 Å². The molecule has 8 heteroatoms. The molecule has 0 atom stereocenters. The van der Waals surface area contributed by atoms with Crippen molar-refractivity contribution >= 4 is 10.9 Å². The Balaban J connectivity index is 1.64. The van der Waals surface area contributed by atoms with Gasteiger partial charge in [-0.2, -0.15) is 18.3 Å². The Bertz CT molecular complexity index is 1240. The minimum absolute atomic E-state index is 0.269. The van der Waals surface area contributed by atoms with E-state index in [9.17, 15) is 18.0 Å². The first-order valence-electron chi connectivity index (χ1n) is 9.38. The molecule has 0 aliphatic carbocycles. The smallest absolute Gasteiger partial charge is 0.318 e. The lowest BCUT2D eigenvalue weighted by atomic mass is 10.0. The summed E-state index contributed by atoms with van der Waals surface area (Å²) >= 11 is 0. The van der Waals surface area contributed by atoms with Gasteiger partial charge >= 0.3 is 6.18 Å². The molecule has 0 bridgehead atoms. The molecule has 154 valence electrons. The predicted octanol–water partition coefficient (Wildman–Crippen LogP) is 4.09. The van der Waals surface area contributed by atoms with Crippen LogP contribution >= 0.6 is 0 Å². The summed E-state index contributed by atoms with van der Waals surface area (Å²) in [4.78, 5) is 12.7. The number of benzene rings is 2. The van der Waals surface area contributed by atoms with E-state index < -0.39 is 11.7 Å². The molecule has 2 aromatic heterocycles. The summed E-state index contributed by atoms with van der Waals surface area (Å²) in [7, 11) is 1.88. The van der Waals surface area contributed by atoms with E-state index in [0.717, 1.165) is 36.1 Å². The molecular formula is C22H19F3N4O. The average molecular weight is 412 g/mol. The third kappa shape index (κ3) is 3.86. The van der Waals surface area contributed by atoms with Gasteiger partial charge in [-0.3, -0.25) is 14.0 Å². The quantitative estimate of drug-likeness (QED) is 0.537. The Labute approximate surface area is 170 Å². The zero-order valence-corrected chi connectivity index (χ0v) is 16.1. The van der Waals surface area contributed by atoms with Gasteiger partial charge < -0.3 is 5.32 Å². The largest absolute Gasteiger partial charge is 0.416 e. The number of rotatable bonds is 5. The van der Waals surface area contributed by atoms with Gasteiger partial charge in [0.2, 0.25) is 0 Å². The zero-order valence-electron chi connectivity index (χ0n) is 16.1. The molecular weight excluding hydrogens is 393 g/mol. The number of fused-ring (bicyclic) bond motifs is 1. The summed E-state index contributed by atoms with van der Waals surface area (Å²) in [5.41, 5.74) is 1.79. The predicted molar refractivity (Wildman–Crippen MR) is 110 cm³/mol. The van der Waals surface area contributed by atoms with Crippen LogP contribution in [0.2, 0.25) is 0 Å². The lowest BCUT2D eigenvalue weighted by Crippen LogP contribution is -2.17. The molecule has 0 saturated heterocycles. The lowest BCUT2D eigenvalue weighted by molar-refractivity contribution is -0.137. The first-order valence-corrected chi connectivity index (χ1v) is 9.38. The lowest BCUT2D eigenvalue weighted by Gasteiger charge is -2.10. The molecule has 0 amide bonds. The molecule has 2 aromatic carbocycles. The highest BCUT2D eigenvalue weighted by molar-refractivity contribution is 5.81. The summed E-state index contributed by atoms with van der Waals surface area (Å²) in [6.07, 6.45) is -1.00. The normalized spacial score (nSPS) is 11.9. The zero-order chi connectivity index (χ0) is 21.3. The van der Waals surface area contributed by atoms with Gasteiger partial charge in [0.25, 0.3) is 5.56 Å². The van der Waals surface area contributed by atoms with Crippen LogP contribution < -0.4 is 10.9 Å². The van der Waals surface area contributed by atoms with Crippen LogP contribution in [0.4, 0.5) is 13.2 Å². The Morgan fingerprint density at radius 2 is 1.77 bits per heavy atom. The van der Waals surface area contributed by atoms with E-state index in [1.165, 1.54) is 22.8 Å². The van der Waals surface area contributed by atoms with E-state index in [0.29, 0.717) is 16.8 Å². The van der Waals surface area contributed by atoms with E-state index in [2.05, 4.69) is 10.4 Å². The fourth-order valence-corrected chi connectivity index (χ4v) is 3.34. The molecule has 4 aromatic rings. The van der Waals surface area contributed by atoms with Crippen molar-refractivity contribution in [2.75, 3.05) is 13.6 Å². The minimum atomic E-state index is -4.39. The van der Waals surface area contributed by atoms with Crippen LogP contribution in [0.5, 0.6) is 0 Å². The number of alkyl halides is 3. The number of likely N-dealkylation sites (N-methyl/N-ethyl adjacent to an activating group) is 1. The van der Waals surface area contributed by atoms with E-state index in [1.807, 2.05) is 29.9 Å². The number of aromatic nitrogens is 3.